The lowest BCUT2D eigenvalue weighted by atomic mass is 9.99. The minimum Gasteiger partial charge on any atom is -0.340 e. The largest absolute Gasteiger partial charge is 0.340 e. The molecule has 1 aliphatic heterocycles. The number of hydrogen-bond acceptors (Lipinski definition) is 4. The maximum Gasteiger partial charge on any atom is 0.243 e. The fourth-order valence-electron chi connectivity index (χ4n) is 3.58. The molecule has 2 aromatic carbocycles. The molecule has 0 radical (unpaired) electrons. The van der Waals surface area contributed by atoms with Gasteiger partial charge in [-0.05, 0) is 43.2 Å². The van der Waals surface area contributed by atoms with E-state index in [4.69, 9.17) is 23.2 Å². The van der Waals surface area contributed by atoms with Crippen molar-refractivity contribution in [1.29, 1.82) is 0 Å². The van der Waals surface area contributed by atoms with Crippen LogP contribution in [0.25, 0.3) is 0 Å². The number of carbonyl (C=O) groups is 2. The van der Waals surface area contributed by atoms with Gasteiger partial charge in [-0.25, -0.2) is 8.42 Å². The maximum absolute atomic E-state index is 12.9. The molecule has 0 aromatic heterocycles. The van der Waals surface area contributed by atoms with E-state index in [1.54, 1.807) is 17.0 Å². The second-order valence-corrected chi connectivity index (χ2v) is 10.4. The van der Waals surface area contributed by atoms with E-state index in [0.29, 0.717) is 35.1 Å². The Morgan fingerprint density at radius 1 is 1.00 bits per heavy atom. The van der Waals surface area contributed by atoms with Gasteiger partial charge in [0.2, 0.25) is 15.9 Å². The lowest BCUT2D eigenvalue weighted by Crippen LogP contribution is -2.51. The van der Waals surface area contributed by atoms with Crippen LogP contribution in [0.15, 0.2) is 47.4 Å². The Hall–Kier alpha value is -1.93. The summed E-state index contributed by atoms with van der Waals surface area (Å²) in [5.74, 6) is -0.445. The number of ketones is 1. The van der Waals surface area contributed by atoms with Gasteiger partial charge in [0, 0.05) is 47.7 Å². The molecule has 6 nitrogen and oxygen atoms in total. The summed E-state index contributed by atoms with van der Waals surface area (Å²) in [5, 5.41) is 1.07. The number of rotatable bonds is 6. The minimum atomic E-state index is -3.68. The monoisotopic (exact) mass is 482 g/mol. The number of sulfonamides is 1. The summed E-state index contributed by atoms with van der Waals surface area (Å²) in [7, 11) is -3.68. The zero-order chi connectivity index (χ0) is 22.8. The third kappa shape index (κ3) is 5.47. The first-order chi connectivity index (χ1) is 14.6. The highest BCUT2D eigenvalue weighted by molar-refractivity contribution is 7.89. The van der Waals surface area contributed by atoms with Crippen molar-refractivity contribution in [1.82, 2.24) is 9.21 Å². The van der Waals surface area contributed by atoms with Gasteiger partial charge in [0.25, 0.3) is 0 Å². The van der Waals surface area contributed by atoms with Crippen LogP contribution in [-0.4, -0.2) is 55.5 Å². The summed E-state index contributed by atoms with van der Waals surface area (Å²) in [4.78, 5) is 26.1. The Morgan fingerprint density at radius 3 is 2.16 bits per heavy atom. The average molecular weight is 483 g/mol. The highest BCUT2D eigenvalue weighted by Crippen LogP contribution is 2.25. The van der Waals surface area contributed by atoms with Crippen LogP contribution >= 0.6 is 23.2 Å². The SMILES string of the molecule is CC(=O)c1ccc(S(=O)(=O)N2CCN(C(=O)C(C)Cc3ccc(Cl)cc3Cl)CC2)cc1. The molecule has 1 amide bonds. The molecule has 0 bridgehead atoms. The first-order valence-corrected chi connectivity index (χ1v) is 12.1. The van der Waals surface area contributed by atoms with Crippen LogP contribution in [0, 0.1) is 5.92 Å². The molecule has 31 heavy (non-hydrogen) atoms. The number of halogens is 2. The molecule has 0 saturated carbocycles. The second-order valence-electron chi connectivity index (χ2n) is 7.65. The third-order valence-corrected chi connectivity index (χ3v) is 7.91. The number of piperazine rings is 1. The number of nitrogens with zero attached hydrogens (tertiary/aromatic N) is 2. The molecule has 1 saturated heterocycles. The van der Waals surface area contributed by atoms with E-state index >= 15 is 0 Å². The molecular formula is C22H24Cl2N2O4S. The quantitative estimate of drug-likeness (QED) is 0.584. The van der Waals surface area contributed by atoms with Crippen molar-refractivity contribution in [2.24, 2.45) is 5.92 Å². The molecule has 9 heteroatoms. The van der Waals surface area contributed by atoms with Gasteiger partial charge >= 0.3 is 0 Å². The highest BCUT2D eigenvalue weighted by atomic mass is 35.5. The van der Waals surface area contributed by atoms with Crippen LogP contribution in [0.5, 0.6) is 0 Å². The maximum atomic E-state index is 12.9. The number of carbonyl (C=O) groups excluding carboxylic acids is 2. The Labute approximate surface area is 192 Å². The van der Waals surface area contributed by atoms with Crippen molar-refractivity contribution in [3.63, 3.8) is 0 Å². The molecule has 0 spiro atoms. The van der Waals surface area contributed by atoms with Crippen LogP contribution in [-0.2, 0) is 21.2 Å². The molecule has 2 aromatic rings. The molecular weight excluding hydrogens is 459 g/mol. The van der Waals surface area contributed by atoms with Crippen molar-refractivity contribution >= 4 is 44.9 Å². The Balaban J connectivity index is 1.61. The van der Waals surface area contributed by atoms with Crippen LogP contribution in [0.2, 0.25) is 10.0 Å². The normalized spacial score (nSPS) is 16.2. The van der Waals surface area contributed by atoms with E-state index in [2.05, 4.69) is 0 Å². The summed E-state index contributed by atoms with van der Waals surface area (Å²) in [6, 6.07) is 11.1. The van der Waals surface area contributed by atoms with E-state index in [-0.39, 0.29) is 35.6 Å². The fourth-order valence-corrected chi connectivity index (χ4v) is 5.48. The highest BCUT2D eigenvalue weighted by Gasteiger charge is 2.31. The van der Waals surface area contributed by atoms with Gasteiger partial charge in [0.15, 0.2) is 5.78 Å². The lowest BCUT2D eigenvalue weighted by molar-refractivity contribution is -0.136. The minimum absolute atomic E-state index is 0.0334. The molecule has 166 valence electrons. The topological polar surface area (TPSA) is 74.8 Å². The molecule has 1 atom stereocenters. The molecule has 0 N–H and O–H groups in total. The first-order valence-electron chi connectivity index (χ1n) is 9.93. The summed E-state index contributed by atoms with van der Waals surface area (Å²) in [6.45, 7) is 4.35. The van der Waals surface area contributed by atoms with Crippen LogP contribution in [0.1, 0.15) is 29.8 Å². The number of Topliss-reactive ketones (excluding diaryl/α,β-unsaturated/α-hetero) is 1. The van der Waals surface area contributed by atoms with Gasteiger partial charge in [0.1, 0.15) is 0 Å². The average Bonchev–Trinajstić information content (AvgIpc) is 2.75. The van der Waals surface area contributed by atoms with Gasteiger partial charge in [-0.2, -0.15) is 4.31 Å². The Kier molecular flexibility index (Phi) is 7.42. The Bertz CT molecular complexity index is 1080. The van der Waals surface area contributed by atoms with Crippen molar-refractivity contribution in [3.05, 3.63) is 63.6 Å². The second kappa shape index (κ2) is 9.69. The molecule has 1 fully saturated rings. The Morgan fingerprint density at radius 2 is 1.61 bits per heavy atom. The van der Waals surface area contributed by atoms with Gasteiger partial charge in [-0.15, -0.1) is 0 Å². The summed E-state index contributed by atoms with van der Waals surface area (Å²) in [5.41, 5.74) is 1.31. The molecule has 3 rings (SSSR count). The van der Waals surface area contributed by atoms with Crippen molar-refractivity contribution in [2.45, 2.75) is 25.2 Å². The van der Waals surface area contributed by atoms with Gasteiger partial charge < -0.3 is 4.90 Å². The van der Waals surface area contributed by atoms with Crippen molar-refractivity contribution in [2.75, 3.05) is 26.2 Å². The zero-order valence-electron chi connectivity index (χ0n) is 17.3. The van der Waals surface area contributed by atoms with Crippen LogP contribution in [0.3, 0.4) is 0 Å². The summed E-state index contributed by atoms with van der Waals surface area (Å²) >= 11 is 12.1. The van der Waals surface area contributed by atoms with E-state index in [1.807, 2.05) is 13.0 Å². The van der Waals surface area contributed by atoms with Gasteiger partial charge in [-0.3, -0.25) is 9.59 Å². The predicted octanol–water partition coefficient (Wildman–Crippen LogP) is 3.91. The summed E-state index contributed by atoms with van der Waals surface area (Å²) < 4.78 is 27.2. The fraction of sp³-hybridized carbons (Fsp3) is 0.364. The summed E-state index contributed by atoms with van der Waals surface area (Å²) in [6.07, 6.45) is 0.482. The zero-order valence-corrected chi connectivity index (χ0v) is 19.7. The van der Waals surface area contributed by atoms with E-state index in [0.717, 1.165) is 5.56 Å². The molecule has 1 aliphatic rings. The van der Waals surface area contributed by atoms with E-state index in [1.165, 1.54) is 35.5 Å². The predicted molar refractivity (Wildman–Crippen MR) is 121 cm³/mol. The van der Waals surface area contributed by atoms with Crippen molar-refractivity contribution in [3.8, 4) is 0 Å². The molecule has 1 heterocycles. The standard InChI is InChI=1S/C22H24Cl2N2O4S/c1-15(13-18-3-6-19(23)14-21(18)24)22(28)25-9-11-26(12-10-25)31(29,30)20-7-4-17(5-8-20)16(2)27/h3-8,14-15H,9-13H2,1-2H3. The van der Waals surface area contributed by atoms with Crippen LogP contribution in [0.4, 0.5) is 0 Å². The van der Waals surface area contributed by atoms with Crippen molar-refractivity contribution < 1.29 is 18.0 Å². The molecule has 1 unspecified atom stereocenters. The first kappa shape index (κ1) is 23.7. The number of benzene rings is 2. The lowest BCUT2D eigenvalue weighted by Gasteiger charge is -2.35. The number of amides is 1. The number of hydrogen-bond donors (Lipinski definition) is 0. The van der Waals surface area contributed by atoms with Gasteiger partial charge in [0.05, 0.1) is 4.90 Å². The molecule has 0 aliphatic carbocycles. The van der Waals surface area contributed by atoms with E-state index < -0.39 is 10.0 Å². The van der Waals surface area contributed by atoms with Crippen LogP contribution < -0.4 is 0 Å². The van der Waals surface area contributed by atoms with E-state index in [9.17, 15) is 18.0 Å². The third-order valence-electron chi connectivity index (χ3n) is 5.41. The smallest absolute Gasteiger partial charge is 0.243 e. The van der Waals surface area contributed by atoms with Gasteiger partial charge in [-0.1, -0.05) is 48.3 Å².